The van der Waals surface area contributed by atoms with Gasteiger partial charge in [-0.3, -0.25) is 14.6 Å². The Morgan fingerprint density at radius 1 is 1.24 bits per heavy atom. The molecule has 1 heterocycles. The van der Waals surface area contributed by atoms with Crippen molar-refractivity contribution in [3.63, 3.8) is 0 Å². The van der Waals surface area contributed by atoms with Gasteiger partial charge in [-0.15, -0.1) is 0 Å². The summed E-state index contributed by atoms with van der Waals surface area (Å²) in [5.41, 5.74) is 1.53. The first-order valence-electron chi connectivity index (χ1n) is 8.25. The van der Waals surface area contributed by atoms with E-state index in [-0.39, 0.29) is 23.7 Å². The lowest BCUT2D eigenvalue weighted by Gasteiger charge is -2.17. The third-order valence-electron chi connectivity index (χ3n) is 4.40. The van der Waals surface area contributed by atoms with Gasteiger partial charge in [-0.2, -0.15) is 0 Å². The summed E-state index contributed by atoms with van der Waals surface area (Å²) in [5.74, 6) is -1.27. The average Bonchev–Trinajstić information content (AvgIpc) is 3.41. The SMILES string of the molecule is CN(CCc1ccncc1)C(=O)C1CC1C(=O)Nc1cccc(F)c1. The minimum absolute atomic E-state index is 0.0200. The summed E-state index contributed by atoms with van der Waals surface area (Å²) in [5, 5.41) is 2.67. The second kappa shape index (κ2) is 7.42. The fourth-order valence-corrected chi connectivity index (χ4v) is 2.80. The third kappa shape index (κ3) is 4.41. The molecule has 1 aliphatic carbocycles. The predicted molar refractivity (Wildman–Crippen MR) is 92.2 cm³/mol. The van der Waals surface area contributed by atoms with E-state index in [0.29, 0.717) is 18.7 Å². The quantitative estimate of drug-likeness (QED) is 0.878. The van der Waals surface area contributed by atoms with Gasteiger partial charge in [0.25, 0.3) is 0 Å². The zero-order chi connectivity index (χ0) is 17.8. The van der Waals surface area contributed by atoms with E-state index in [1.165, 1.54) is 18.2 Å². The number of benzene rings is 1. The maximum atomic E-state index is 13.2. The number of likely N-dealkylation sites (N-methyl/N-ethyl adjacent to an activating group) is 1. The maximum Gasteiger partial charge on any atom is 0.228 e. The van der Waals surface area contributed by atoms with Crippen molar-refractivity contribution in [1.82, 2.24) is 9.88 Å². The maximum absolute atomic E-state index is 13.2. The van der Waals surface area contributed by atoms with Crippen molar-refractivity contribution in [1.29, 1.82) is 0 Å². The molecule has 2 amide bonds. The molecule has 1 aromatic heterocycles. The second-order valence-corrected chi connectivity index (χ2v) is 6.31. The Labute approximate surface area is 145 Å². The van der Waals surface area contributed by atoms with Gasteiger partial charge in [-0.1, -0.05) is 6.07 Å². The monoisotopic (exact) mass is 341 g/mol. The molecule has 1 fully saturated rings. The normalized spacial score (nSPS) is 18.5. The molecule has 3 rings (SSSR count). The number of rotatable bonds is 6. The molecule has 2 aromatic rings. The van der Waals surface area contributed by atoms with Crippen LogP contribution in [0.4, 0.5) is 10.1 Å². The molecule has 5 nitrogen and oxygen atoms in total. The van der Waals surface area contributed by atoms with Crippen molar-refractivity contribution >= 4 is 17.5 Å². The smallest absolute Gasteiger partial charge is 0.228 e. The van der Waals surface area contributed by atoms with Crippen molar-refractivity contribution in [3.8, 4) is 0 Å². The average molecular weight is 341 g/mol. The number of amides is 2. The number of hydrogen-bond donors (Lipinski definition) is 1. The van der Waals surface area contributed by atoms with E-state index in [1.54, 1.807) is 30.4 Å². The van der Waals surface area contributed by atoms with E-state index in [4.69, 9.17) is 0 Å². The number of hydrogen-bond acceptors (Lipinski definition) is 3. The van der Waals surface area contributed by atoms with Gasteiger partial charge in [-0.25, -0.2) is 4.39 Å². The highest BCUT2D eigenvalue weighted by molar-refractivity contribution is 5.99. The predicted octanol–water partition coefficient (Wildman–Crippen LogP) is 2.50. The fraction of sp³-hybridized carbons (Fsp3) is 0.316. The Morgan fingerprint density at radius 2 is 2.00 bits per heavy atom. The number of nitrogens with zero attached hydrogens (tertiary/aromatic N) is 2. The molecule has 0 spiro atoms. The van der Waals surface area contributed by atoms with Crippen molar-refractivity contribution in [2.75, 3.05) is 18.9 Å². The molecule has 0 aliphatic heterocycles. The molecule has 0 bridgehead atoms. The highest BCUT2D eigenvalue weighted by Gasteiger charge is 2.48. The molecule has 1 aliphatic rings. The Kier molecular flexibility index (Phi) is 5.07. The zero-order valence-corrected chi connectivity index (χ0v) is 14.0. The van der Waals surface area contributed by atoms with Gasteiger partial charge in [0.05, 0.1) is 11.8 Å². The Bertz CT molecular complexity index is 766. The summed E-state index contributed by atoms with van der Waals surface area (Å²) in [7, 11) is 1.75. The lowest BCUT2D eigenvalue weighted by molar-refractivity contribution is -0.132. The van der Waals surface area contributed by atoms with Gasteiger partial charge in [0.2, 0.25) is 11.8 Å². The van der Waals surface area contributed by atoms with Crippen molar-refractivity contribution in [3.05, 3.63) is 60.2 Å². The van der Waals surface area contributed by atoms with Crippen LogP contribution < -0.4 is 5.32 Å². The Balaban J connectivity index is 1.48. The van der Waals surface area contributed by atoms with Gasteiger partial charge in [0, 0.05) is 31.7 Å². The first kappa shape index (κ1) is 17.1. The number of carbonyl (C=O) groups is 2. The topological polar surface area (TPSA) is 62.3 Å². The van der Waals surface area contributed by atoms with Crippen molar-refractivity contribution in [2.45, 2.75) is 12.8 Å². The number of halogens is 1. The molecule has 1 aromatic carbocycles. The lowest BCUT2D eigenvalue weighted by atomic mass is 10.2. The van der Waals surface area contributed by atoms with Gasteiger partial charge in [-0.05, 0) is 48.7 Å². The van der Waals surface area contributed by atoms with Gasteiger partial charge < -0.3 is 10.2 Å². The number of nitrogens with one attached hydrogen (secondary N) is 1. The van der Waals surface area contributed by atoms with Crippen LogP contribution in [-0.4, -0.2) is 35.3 Å². The highest BCUT2D eigenvalue weighted by atomic mass is 19.1. The molecule has 130 valence electrons. The molecular weight excluding hydrogens is 321 g/mol. The van der Waals surface area contributed by atoms with Gasteiger partial charge in [0.15, 0.2) is 0 Å². The lowest BCUT2D eigenvalue weighted by Crippen LogP contribution is -2.31. The Hall–Kier alpha value is -2.76. The summed E-state index contributed by atoms with van der Waals surface area (Å²) in [4.78, 5) is 30.2. The van der Waals surface area contributed by atoms with Crippen LogP contribution in [0.25, 0.3) is 0 Å². The van der Waals surface area contributed by atoms with Crippen LogP contribution in [0.3, 0.4) is 0 Å². The zero-order valence-electron chi connectivity index (χ0n) is 14.0. The molecular formula is C19H20FN3O2. The van der Waals surface area contributed by atoms with Gasteiger partial charge >= 0.3 is 0 Å². The summed E-state index contributed by atoms with van der Waals surface area (Å²) in [6.07, 6.45) is 4.74. The summed E-state index contributed by atoms with van der Waals surface area (Å²) in [6, 6.07) is 9.58. The number of pyridine rings is 1. The van der Waals surface area contributed by atoms with E-state index in [0.717, 1.165) is 12.0 Å². The minimum atomic E-state index is -0.405. The van der Waals surface area contributed by atoms with E-state index in [2.05, 4.69) is 10.3 Å². The Morgan fingerprint density at radius 3 is 2.72 bits per heavy atom. The van der Waals surface area contributed by atoms with Crippen LogP contribution in [0.2, 0.25) is 0 Å². The minimum Gasteiger partial charge on any atom is -0.345 e. The van der Waals surface area contributed by atoms with Crippen LogP contribution in [0, 0.1) is 17.7 Å². The fourth-order valence-electron chi connectivity index (χ4n) is 2.80. The number of aromatic nitrogens is 1. The van der Waals surface area contributed by atoms with E-state index >= 15 is 0 Å². The number of anilines is 1. The first-order chi connectivity index (χ1) is 12.0. The van der Waals surface area contributed by atoms with Crippen LogP contribution in [0.5, 0.6) is 0 Å². The van der Waals surface area contributed by atoms with Crippen molar-refractivity contribution in [2.24, 2.45) is 11.8 Å². The first-order valence-corrected chi connectivity index (χ1v) is 8.25. The van der Waals surface area contributed by atoms with Crippen LogP contribution in [0.15, 0.2) is 48.8 Å². The standard InChI is InChI=1S/C19H20FN3O2/c1-23(10-7-13-5-8-21-9-6-13)19(25)17-12-16(17)18(24)22-15-4-2-3-14(20)11-15/h2-6,8-9,11,16-17H,7,10,12H2,1H3,(H,22,24). The van der Waals surface area contributed by atoms with E-state index in [9.17, 15) is 14.0 Å². The van der Waals surface area contributed by atoms with Crippen LogP contribution in [0.1, 0.15) is 12.0 Å². The summed E-state index contributed by atoms with van der Waals surface area (Å²) >= 11 is 0. The van der Waals surface area contributed by atoms with Gasteiger partial charge in [0.1, 0.15) is 5.82 Å². The molecule has 2 unspecified atom stereocenters. The summed E-state index contributed by atoms with van der Waals surface area (Å²) in [6.45, 7) is 0.595. The molecule has 25 heavy (non-hydrogen) atoms. The molecule has 0 radical (unpaired) electrons. The molecule has 1 saturated carbocycles. The van der Waals surface area contributed by atoms with E-state index in [1.807, 2.05) is 12.1 Å². The van der Waals surface area contributed by atoms with E-state index < -0.39 is 5.82 Å². The third-order valence-corrected chi connectivity index (χ3v) is 4.40. The highest BCUT2D eigenvalue weighted by Crippen LogP contribution is 2.40. The van der Waals surface area contributed by atoms with Crippen molar-refractivity contribution < 1.29 is 14.0 Å². The second-order valence-electron chi connectivity index (χ2n) is 6.31. The van der Waals surface area contributed by atoms with Crippen LogP contribution >= 0.6 is 0 Å². The summed E-state index contributed by atoms with van der Waals surface area (Å²) < 4.78 is 13.2. The molecule has 0 saturated heterocycles. The molecule has 2 atom stereocenters. The number of carbonyl (C=O) groups excluding carboxylic acids is 2. The molecule has 1 N–H and O–H groups in total. The van der Waals surface area contributed by atoms with Crippen LogP contribution in [-0.2, 0) is 16.0 Å². The largest absolute Gasteiger partial charge is 0.345 e. The molecule has 6 heteroatoms.